The van der Waals surface area contributed by atoms with Gasteiger partial charge in [0.15, 0.2) is 11.3 Å². The first-order chi connectivity index (χ1) is 10.1. The summed E-state index contributed by atoms with van der Waals surface area (Å²) in [5.74, 6) is -0.474. The summed E-state index contributed by atoms with van der Waals surface area (Å²) in [6, 6.07) is 9.49. The molecule has 2 aromatic heterocycles. The Hall–Kier alpha value is -2.21. The molecule has 2 heterocycles. The molecule has 0 aliphatic carbocycles. The molecule has 3 aromatic rings. The van der Waals surface area contributed by atoms with Crippen LogP contribution in [0.3, 0.4) is 0 Å². The zero-order valence-corrected chi connectivity index (χ0v) is 13.1. The van der Waals surface area contributed by atoms with Gasteiger partial charge >= 0.3 is 5.97 Å². The van der Waals surface area contributed by atoms with E-state index >= 15 is 0 Å². The number of nitrogens with zero attached hydrogens (tertiary/aromatic N) is 3. The van der Waals surface area contributed by atoms with Gasteiger partial charge in [-0.15, -0.1) is 0 Å². The molecule has 0 unspecified atom stereocenters. The van der Waals surface area contributed by atoms with Crippen molar-refractivity contribution in [3.8, 4) is 5.69 Å². The van der Waals surface area contributed by atoms with E-state index in [1.54, 1.807) is 16.9 Å². The second-order valence-corrected chi connectivity index (χ2v) is 5.53. The first-order valence-electron chi connectivity index (χ1n) is 6.30. The summed E-state index contributed by atoms with van der Waals surface area (Å²) in [7, 11) is 1.34. The molecule has 0 N–H and O–H groups in total. The molecule has 0 atom stereocenters. The van der Waals surface area contributed by atoms with Crippen LogP contribution in [0.25, 0.3) is 16.7 Å². The number of carbonyl (C=O) groups is 1. The summed E-state index contributed by atoms with van der Waals surface area (Å²) in [5.41, 5.74) is 2.80. The molecule has 0 fully saturated rings. The number of esters is 1. The summed E-state index contributed by atoms with van der Waals surface area (Å²) in [6.07, 6.45) is 1.67. The van der Waals surface area contributed by atoms with Crippen molar-refractivity contribution in [3.05, 3.63) is 52.3 Å². The van der Waals surface area contributed by atoms with Gasteiger partial charge in [-0.25, -0.2) is 14.5 Å². The van der Waals surface area contributed by atoms with Crippen molar-refractivity contribution in [2.75, 3.05) is 7.11 Å². The summed E-state index contributed by atoms with van der Waals surface area (Å²) in [4.78, 5) is 16.2. The predicted molar refractivity (Wildman–Crippen MR) is 82.6 cm³/mol. The van der Waals surface area contributed by atoms with Gasteiger partial charge in [0, 0.05) is 10.7 Å². The molecule has 6 heteroatoms. The number of halogens is 1. The number of hydrogen-bond donors (Lipinski definition) is 0. The Labute approximate surface area is 129 Å². The number of benzene rings is 1. The number of methoxy groups -OCH3 is 1. The molecule has 0 bridgehead atoms. The van der Waals surface area contributed by atoms with E-state index in [1.807, 2.05) is 31.2 Å². The van der Waals surface area contributed by atoms with E-state index < -0.39 is 5.97 Å². The molecule has 0 spiro atoms. The van der Waals surface area contributed by atoms with Crippen molar-refractivity contribution < 1.29 is 9.53 Å². The topological polar surface area (TPSA) is 57.0 Å². The summed E-state index contributed by atoms with van der Waals surface area (Å²) < 4.78 is 7.38. The van der Waals surface area contributed by atoms with Gasteiger partial charge in [0.2, 0.25) is 0 Å². The number of pyridine rings is 1. The minimum absolute atomic E-state index is 0.262. The summed E-state index contributed by atoms with van der Waals surface area (Å²) >= 11 is 3.47. The molecule has 0 radical (unpaired) electrons. The molecule has 5 nitrogen and oxygen atoms in total. The van der Waals surface area contributed by atoms with E-state index in [2.05, 4.69) is 26.0 Å². The monoisotopic (exact) mass is 345 g/mol. The Balaban J connectivity index is 2.30. The molecule has 3 rings (SSSR count). The van der Waals surface area contributed by atoms with Crippen LogP contribution >= 0.6 is 15.9 Å². The number of carbonyl (C=O) groups excluding carboxylic acids is 1. The lowest BCUT2D eigenvalue weighted by atomic mass is 10.2. The highest BCUT2D eigenvalue weighted by Gasteiger charge is 2.19. The van der Waals surface area contributed by atoms with Gasteiger partial charge < -0.3 is 4.74 Å². The Morgan fingerprint density at radius 3 is 2.86 bits per heavy atom. The van der Waals surface area contributed by atoms with E-state index in [0.717, 1.165) is 15.7 Å². The molecule has 0 aliphatic heterocycles. The van der Waals surface area contributed by atoms with Crippen LogP contribution in [-0.2, 0) is 4.74 Å². The van der Waals surface area contributed by atoms with Crippen molar-refractivity contribution in [2.45, 2.75) is 6.92 Å². The van der Waals surface area contributed by atoms with Crippen LogP contribution in [0.15, 0.2) is 41.0 Å². The van der Waals surface area contributed by atoms with E-state index in [4.69, 9.17) is 4.74 Å². The fraction of sp³-hybridized carbons (Fsp3) is 0.133. The smallest absolute Gasteiger partial charge is 0.359 e. The second kappa shape index (κ2) is 5.29. The highest BCUT2D eigenvalue weighted by atomic mass is 79.9. The van der Waals surface area contributed by atoms with E-state index in [9.17, 15) is 4.79 Å². The SMILES string of the molecule is COC(=O)c1nn(-c2cc(C)cc(Br)c2)c2ncccc12. The normalized spacial score (nSPS) is 10.8. The highest BCUT2D eigenvalue weighted by Crippen LogP contribution is 2.24. The average Bonchev–Trinajstić information content (AvgIpc) is 2.85. The van der Waals surface area contributed by atoms with Gasteiger partial charge in [0.05, 0.1) is 18.2 Å². The molecular formula is C15H12BrN3O2. The van der Waals surface area contributed by atoms with Crippen LogP contribution in [0.1, 0.15) is 16.1 Å². The Morgan fingerprint density at radius 2 is 2.14 bits per heavy atom. The molecule has 0 saturated carbocycles. The van der Waals surface area contributed by atoms with Crippen LogP contribution in [-0.4, -0.2) is 27.8 Å². The number of ether oxygens (including phenoxy) is 1. The quantitative estimate of drug-likeness (QED) is 0.669. The predicted octanol–water partition coefficient (Wildman–Crippen LogP) is 3.28. The van der Waals surface area contributed by atoms with Crippen molar-refractivity contribution in [2.24, 2.45) is 0 Å². The maximum Gasteiger partial charge on any atom is 0.359 e. The fourth-order valence-corrected chi connectivity index (χ4v) is 2.81. The molecule has 0 saturated heterocycles. The lowest BCUT2D eigenvalue weighted by molar-refractivity contribution is 0.0595. The zero-order chi connectivity index (χ0) is 15.0. The van der Waals surface area contributed by atoms with Gasteiger partial charge in [-0.3, -0.25) is 0 Å². The molecular weight excluding hydrogens is 334 g/mol. The van der Waals surface area contributed by atoms with Crippen molar-refractivity contribution in [1.82, 2.24) is 14.8 Å². The molecule has 21 heavy (non-hydrogen) atoms. The number of aryl methyl sites for hydroxylation is 1. The van der Waals surface area contributed by atoms with Gasteiger partial charge in [-0.05, 0) is 42.8 Å². The highest BCUT2D eigenvalue weighted by molar-refractivity contribution is 9.10. The summed E-state index contributed by atoms with van der Waals surface area (Å²) in [5, 5.41) is 5.04. The summed E-state index contributed by atoms with van der Waals surface area (Å²) in [6.45, 7) is 1.99. The van der Waals surface area contributed by atoms with E-state index in [-0.39, 0.29) is 5.69 Å². The maximum atomic E-state index is 11.9. The van der Waals surface area contributed by atoms with Crippen LogP contribution in [0.4, 0.5) is 0 Å². The Morgan fingerprint density at radius 1 is 1.33 bits per heavy atom. The van der Waals surface area contributed by atoms with Crippen molar-refractivity contribution in [1.29, 1.82) is 0 Å². The maximum absolute atomic E-state index is 11.9. The molecule has 0 amide bonds. The third-order valence-corrected chi connectivity index (χ3v) is 3.55. The Kier molecular flexibility index (Phi) is 3.47. The van der Waals surface area contributed by atoms with E-state index in [0.29, 0.717) is 11.0 Å². The van der Waals surface area contributed by atoms with Gasteiger partial charge in [-0.2, -0.15) is 5.10 Å². The second-order valence-electron chi connectivity index (χ2n) is 4.61. The van der Waals surface area contributed by atoms with Crippen LogP contribution in [0.2, 0.25) is 0 Å². The van der Waals surface area contributed by atoms with Crippen LogP contribution in [0, 0.1) is 6.92 Å². The molecule has 1 aromatic carbocycles. The lowest BCUT2D eigenvalue weighted by Gasteiger charge is -2.05. The number of hydrogen-bond acceptors (Lipinski definition) is 4. The van der Waals surface area contributed by atoms with Crippen LogP contribution < -0.4 is 0 Å². The minimum atomic E-state index is -0.474. The van der Waals surface area contributed by atoms with Crippen LogP contribution in [0.5, 0.6) is 0 Å². The fourth-order valence-electron chi connectivity index (χ4n) is 2.22. The molecule has 106 valence electrons. The lowest BCUT2D eigenvalue weighted by Crippen LogP contribution is -2.04. The van der Waals surface area contributed by atoms with E-state index in [1.165, 1.54) is 7.11 Å². The molecule has 0 aliphatic rings. The van der Waals surface area contributed by atoms with Gasteiger partial charge in [0.1, 0.15) is 0 Å². The average molecular weight is 346 g/mol. The first-order valence-corrected chi connectivity index (χ1v) is 7.09. The zero-order valence-electron chi connectivity index (χ0n) is 11.5. The van der Waals surface area contributed by atoms with Gasteiger partial charge in [-0.1, -0.05) is 15.9 Å². The van der Waals surface area contributed by atoms with Crippen molar-refractivity contribution in [3.63, 3.8) is 0 Å². The standard InChI is InChI=1S/C15H12BrN3O2/c1-9-6-10(16)8-11(7-9)19-14-12(4-3-5-17-14)13(18-19)15(20)21-2/h3-8H,1-2H3. The Bertz CT molecular complexity index is 822. The number of aromatic nitrogens is 3. The number of rotatable bonds is 2. The van der Waals surface area contributed by atoms with Crippen molar-refractivity contribution >= 4 is 32.9 Å². The number of fused-ring (bicyclic) bond motifs is 1. The third-order valence-electron chi connectivity index (χ3n) is 3.09. The van der Waals surface area contributed by atoms with Gasteiger partial charge in [0.25, 0.3) is 0 Å². The first kappa shape index (κ1) is 13.8. The minimum Gasteiger partial charge on any atom is -0.464 e. The largest absolute Gasteiger partial charge is 0.464 e. The third kappa shape index (κ3) is 2.42.